The van der Waals surface area contributed by atoms with Gasteiger partial charge in [0.15, 0.2) is 0 Å². The zero-order chi connectivity index (χ0) is 19.3. The largest absolute Gasteiger partial charge is 0.465 e. The highest BCUT2D eigenvalue weighted by molar-refractivity contribution is 5.91. The molecule has 4 nitrogen and oxygen atoms in total. The van der Waals surface area contributed by atoms with Gasteiger partial charge in [0.25, 0.3) is 0 Å². The van der Waals surface area contributed by atoms with Gasteiger partial charge < -0.3 is 9.47 Å². The minimum atomic E-state index is -0.521. The zero-order valence-corrected chi connectivity index (χ0v) is 15.9. The van der Waals surface area contributed by atoms with Crippen LogP contribution in [0.4, 0.5) is 0 Å². The summed E-state index contributed by atoms with van der Waals surface area (Å²) in [7, 11) is 0. The normalized spacial score (nSPS) is 10.6. The fourth-order valence-electron chi connectivity index (χ4n) is 2.92. The lowest BCUT2D eigenvalue weighted by Crippen LogP contribution is -2.15. The molecule has 144 valence electrons. The Morgan fingerprint density at radius 1 is 0.778 bits per heavy atom. The van der Waals surface area contributed by atoms with E-state index in [4.69, 9.17) is 9.47 Å². The van der Waals surface area contributed by atoms with E-state index in [1.54, 1.807) is 0 Å². The van der Waals surface area contributed by atoms with Gasteiger partial charge >= 0.3 is 11.9 Å². The van der Waals surface area contributed by atoms with E-state index in [0.29, 0.717) is 13.2 Å². The topological polar surface area (TPSA) is 52.6 Å². The van der Waals surface area contributed by atoms with Crippen molar-refractivity contribution in [3.05, 3.63) is 71.8 Å². The highest BCUT2D eigenvalue weighted by atomic mass is 16.6. The molecule has 0 saturated heterocycles. The summed E-state index contributed by atoms with van der Waals surface area (Å²) in [4.78, 5) is 23.3. The Hall–Kier alpha value is -2.62. The lowest BCUT2D eigenvalue weighted by molar-refractivity contribution is -0.154. The van der Waals surface area contributed by atoms with Gasteiger partial charge in [-0.15, -0.1) is 0 Å². The van der Waals surface area contributed by atoms with Gasteiger partial charge in [-0.05, 0) is 30.4 Å². The summed E-state index contributed by atoms with van der Waals surface area (Å²) >= 11 is 0. The van der Waals surface area contributed by atoms with E-state index in [9.17, 15) is 9.59 Å². The predicted molar refractivity (Wildman–Crippen MR) is 105 cm³/mol. The van der Waals surface area contributed by atoms with E-state index < -0.39 is 11.9 Å². The first kappa shape index (κ1) is 20.7. The summed E-state index contributed by atoms with van der Waals surface area (Å²) in [5.74, 6) is -0.780. The lowest BCUT2D eigenvalue weighted by Gasteiger charge is -2.18. The summed E-state index contributed by atoms with van der Waals surface area (Å²) in [5.41, 5.74) is 2.49. The molecule has 0 atom stereocenters. The Bertz CT molecular complexity index is 643. The molecule has 2 aromatic carbocycles. The van der Waals surface area contributed by atoms with Crippen LogP contribution in [0.25, 0.3) is 0 Å². The van der Waals surface area contributed by atoms with E-state index in [1.807, 2.05) is 43.3 Å². The second kappa shape index (κ2) is 11.9. The third kappa shape index (κ3) is 7.65. The maximum absolute atomic E-state index is 11.7. The van der Waals surface area contributed by atoms with Crippen molar-refractivity contribution in [1.29, 1.82) is 0 Å². The number of ether oxygens (including phenoxy) is 2. The first-order valence-electron chi connectivity index (χ1n) is 9.62. The van der Waals surface area contributed by atoms with Crippen molar-refractivity contribution < 1.29 is 19.1 Å². The minimum absolute atomic E-state index is 0.255. The number of benzene rings is 2. The summed E-state index contributed by atoms with van der Waals surface area (Å²) in [6.45, 7) is 2.68. The fourth-order valence-corrected chi connectivity index (χ4v) is 2.92. The predicted octanol–water partition coefficient (Wildman–Crippen LogP) is 4.88. The third-order valence-electron chi connectivity index (χ3n) is 4.35. The van der Waals surface area contributed by atoms with Crippen LogP contribution in [-0.2, 0) is 19.1 Å². The van der Waals surface area contributed by atoms with Gasteiger partial charge in [-0.1, -0.05) is 74.0 Å². The minimum Gasteiger partial charge on any atom is -0.465 e. The van der Waals surface area contributed by atoms with Crippen molar-refractivity contribution in [2.45, 2.75) is 44.9 Å². The monoisotopic (exact) mass is 368 g/mol. The highest BCUT2D eigenvalue weighted by Crippen LogP contribution is 2.28. The summed E-state index contributed by atoms with van der Waals surface area (Å²) in [5, 5.41) is 0. The molecule has 0 fully saturated rings. The number of esters is 2. The lowest BCUT2D eigenvalue weighted by atomic mass is 9.88. The Labute approximate surface area is 161 Å². The van der Waals surface area contributed by atoms with Gasteiger partial charge in [-0.25, -0.2) is 0 Å². The van der Waals surface area contributed by atoms with Crippen LogP contribution in [0.5, 0.6) is 0 Å². The standard InChI is InChI=1S/C23H28O4/c1-2-3-16-26-22(24)18-23(25)27-17-10-15-21(19-11-6-4-7-12-19)20-13-8-5-9-14-20/h4-9,11-14,21H,2-3,10,15-18H2,1H3. The molecule has 4 heteroatoms. The molecule has 0 bridgehead atoms. The molecular formula is C23H28O4. The van der Waals surface area contributed by atoms with Crippen LogP contribution >= 0.6 is 0 Å². The Balaban J connectivity index is 1.79. The quantitative estimate of drug-likeness (QED) is 0.322. The van der Waals surface area contributed by atoms with Crippen molar-refractivity contribution in [2.24, 2.45) is 0 Å². The summed E-state index contributed by atoms with van der Waals surface area (Å²) in [6, 6.07) is 20.6. The maximum Gasteiger partial charge on any atom is 0.317 e. The van der Waals surface area contributed by atoms with Gasteiger partial charge in [-0.3, -0.25) is 9.59 Å². The van der Waals surface area contributed by atoms with Crippen molar-refractivity contribution >= 4 is 11.9 Å². The molecular weight excluding hydrogens is 340 g/mol. The molecule has 0 amide bonds. The van der Waals surface area contributed by atoms with Crippen LogP contribution < -0.4 is 0 Å². The van der Waals surface area contributed by atoms with Crippen molar-refractivity contribution in [1.82, 2.24) is 0 Å². The molecule has 0 aliphatic heterocycles. The van der Waals surface area contributed by atoms with E-state index >= 15 is 0 Å². The third-order valence-corrected chi connectivity index (χ3v) is 4.35. The molecule has 0 N–H and O–H groups in total. The summed E-state index contributed by atoms with van der Waals surface area (Å²) in [6.07, 6.45) is 3.03. The Morgan fingerprint density at radius 3 is 1.74 bits per heavy atom. The van der Waals surface area contributed by atoms with Crippen molar-refractivity contribution in [2.75, 3.05) is 13.2 Å². The number of hydrogen-bond donors (Lipinski definition) is 0. The Kier molecular flexibility index (Phi) is 9.11. The SMILES string of the molecule is CCCCOC(=O)CC(=O)OCCCC(c1ccccc1)c1ccccc1. The molecule has 0 aromatic heterocycles. The molecule has 0 saturated carbocycles. The van der Waals surface area contributed by atoms with Crippen LogP contribution in [0.15, 0.2) is 60.7 Å². The summed E-state index contributed by atoms with van der Waals surface area (Å²) < 4.78 is 10.2. The number of carbonyl (C=O) groups excluding carboxylic acids is 2. The number of hydrogen-bond acceptors (Lipinski definition) is 4. The van der Waals surface area contributed by atoms with Gasteiger partial charge in [-0.2, -0.15) is 0 Å². The molecule has 27 heavy (non-hydrogen) atoms. The molecule has 0 spiro atoms. The van der Waals surface area contributed by atoms with E-state index in [0.717, 1.165) is 25.7 Å². The van der Waals surface area contributed by atoms with E-state index in [-0.39, 0.29) is 12.3 Å². The maximum atomic E-state index is 11.7. The van der Waals surface area contributed by atoms with Crippen LogP contribution in [0.2, 0.25) is 0 Å². The second-order valence-corrected chi connectivity index (χ2v) is 6.49. The smallest absolute Gasteiger partial charge is 0.317 e. The molecule has 0 aliphatic carbocycles. The number of rotatable bonds is 11. The molecule has 0 aliphatic rings. The first-order chi connectivity index (χ1) is 13.2. The first-order valence-corrected chi connectivity index (χ1v) is 9.62. The average molecular weight is 368 g/mol. The molecule has 0 radical (unpaired) electrons. The zero-order valence-electron chi connectivity index (χ0n) is 15.9. The highest BCUT2D eigenvalue weighted by Gasteiger charge is 2.15. The average Bonchev–Trinajstić information content (AvgIpc) is 2.69. The van der Waals surface area contributed by atoms with Crippen LogP contribution in [-0.4, -0.2) is 25.2 Å². The van der Waals surface area contributed by atoms with Crippen LogP contribution in [0.3, 0.4) is 0 Å². The van der Waals surface area contributed by atoms with Gasteiger partial charge in [0.2, 0.25) is 0 Å². The molecule has 2 rings (SSSR count). The Morgan fingerprint density at radius 2 is 1.26 bits per heavy atom. The molecule has 0 unspecified atom stereocenters. The van der Waals surface area contributed by atoms with Gasteiger partial charge in [0.1, 0.15) is 6.42 Å². The second-order valence-electron chi connectivity index (χ2n) is 6.49. The van der Waals surface area contributed by atoms with E-state index in [1.165, 1.54) is 11.1 Å². The number of unbranched alkanes of at least 4 members (excludes halogenated alkanes) is 1. The van der Waals surface area contributed by atoms with Crippen LogP contribution in [0.1, 0.15) is 56.1 Å². The fraction of sp³-hybridized carbons (Fsp3) is 0.391. The molecule has 0 heterocycles. The van der Waals surface area contributed by atoms with Crippen LogP contribution in [0, 0.1) is 0 Å². The van der Waals surface area contributed by atoms with E-state index in [2.05, 4.69) is 24.3 Å². The number of carbonyl (C=O) groups is 2. The van der Waals surface area contributed by atoms with Gasteiger partial charge in [0.05, 0.1) is 13.2 Å². The van der Waals surface area contributed by atoms with Crippen molar-refractivity contribution in [3.8, 4) is 0 Å². The molecule has 2 aromatic rings. The van der Waals surface area contributed by atoms with Crippen molar-refractivity contribution in [3.63, 3.8) is 0 Å². The van der Waals surface area contributed by atoms with Gasteiger partial charge in [0, 0.05) is 5.92 Å².